The quantitative estimate of drug-likeness (QED) is 0.0871. The number of aliphatic hydroxyl groups excluding tert-OH is 2. The Labute approximate surface area is 227 Å². The summed E-state index contributed by atoms with van der Waals surface area (Å²) in [5.74, 6) is -1.92. The summed E-state index contributed by atoms with van der Waals surface area (Å²) in [6, 6.07) is 5.55. The molecule has 0 radical (unpaired) electrons. The minimum Gasteiger partial charge on any atom is -0.444 e. The fourth-order valence-electron chi connectivity index (χ4n) is 3.82. The number of ether oxygens (including phenoxy) is 2. The van der Waals surface area contributed by atoms with Gasteiger partial charge in [0.05, 0.1) is 23.4 Å². The van der Waals surface area contributed by atoms with Crippen LogP contribution in [0.2, 0.25) is 0 Å². The van der Waals surface area contributed by atoms with Crippen LogP contribution in [-0.4, -0.2) is 86.3 Å². The van der Waals surface area contributed by atoms with Gasteiger partial charge in [-0.25, -0.2) is 9.78 Å². The standard InChI is InChI=1S/C19H22N6O14P2/c26-13-11(6-38-41(35,36)8-40(32,33)34)39-17(14(13)27)24-7-20-12-15(24)21-18(22-16(12)28)23-19(29)37-5-9-3-1-2-4-10(9)25(30)31/h1-4,7,11,13-14,17,26-27H,5-6,8H2,(H,35,36)(H2,32,33,34)(H2,21,22,23,28,29)/t11-,13-,14-,17-/m1/s1. The number of para-hydroxylation sites is 1. The maximum Gasteiger partial charge on any atom is 0.414 e. The Morgan fingerprint density at radius 1 is 1.22 bits per heavy atom. The number of aliphatic hydroxyl groups is 2. The van der Waals surface area contributed by atoms with Gasteiger partial charge in [0, 0.05) is 6.07 Å². The maximum absolute atomic E-state index is 12.5. The maximum atomic E-state index is 12.5. The number of nitrogens with one attached hydrogen (secondary N) is 2. The number of hydrogen-bond donors (Lipinski definition) is 7. The van der Waals surface area contributed by atoms with Crippen LogP contribution in [0.25, 0.3) is 11.2 Å². The molecule has 7 N–H and O–H groups in total. The van der Waals surface area contributed by atoms with Crippen LogP contribution < -0.4 is 10.9 Å². The number of H-pyrrole nitrogens is 1. The highest BCUT2D eigenvalue weighted by atomic mass is 31.2. The molecular weight excluding hydrogens is 598 g/mol. The van der Waals surface area contributed by atoms with Gasteiger partial charge >= 0.3 is 21.3 Å². The number of hydrogen-bond acceptors (Lipinski definition) is 13. The zero-order chi connectivity index (χ0) is 30.1. The van der Waals surface area contributed by atoms with E-state index in [9.17, 15) is 43.9 Å². The zero-order valence-electron chi connectivity index (χ0n) is 20.4. The molecule has 1 aromatic carbocycles. The molecule has 3 aromatic rings. The van der Waals surface area contributed by atoms with Gasteiger partial charge in [0.1, 0.15) is 24.9 Å². The second kappa shape index (κ2) is 11.7. The molecule has 2 aromatic heterocycles. The Balaban J connectivity index is 1.48. The number of fused-ring (bicyclic) bond motifs is 1. The molecule has 20 nitrogen and oxygen atoms in total. The molecule has 1 amide bonds. The summed E-state index contributed by atoms with van der Waals surface area (Å²) >= 11 is 0. The lowest BCUT2D eigenvalue weighted by molar-refractivity contribution is -0.385. The predicted octanol–water partition coefficient (Wildman–Crippen LogP) is -0.267. The zero-order valence-corrected chi connectivity index (χ0v) is 22.2. The van der Waals surface area contributed by atoms with Gasteiger partial charge in [-0.1, -0.05) is 12.1 Å². The molecular formula is C19H22N6O14P2. The molecule has 1 fully saturated rings. The number of nitro benzene ring substituents is 1. The summed E-state index contributed by atoms with van der Waals surface area (Å²) in [6.07, 6.45) is -6.48. The summed E-state index contributed by atoms with van der Waals surface area (Å²) in [7, 11) is -9.70. The van der Waals surface area contributed by atoms with Crippen LogP contribution in [0.1, 0.15) is 11.8 Å². The van der Waals surface area contributed by atoms with E-state index < -0.39 is 81.4 Å². The van der Waals surface area contributed by atoms with Crippen LogP contribution >= 0.6 is 15.2 Å². The number of anilines is 1. The minimum absolute atomic E-state index is 0.103. The van der Waals surface area contributed by atoms with Gasteiger partial charge in [0.2, 0.25) is 5.95 Å². The summed E-state index contributed by atoms with van der Waals surface area (Å²) in [5, 5.41) is 34.1. The number of amides is 1. The van der Waals surface area contributed by atoms with E-state index in [-0.39, 0.29) is 22.4 Å². The molecule has 1 aliphatic heterocycles. The SMILES string of the molecule is O=C(Nc1nc2c(ncn2[C@@H]2O[C@H](COP(=O)(O)CP(=O)(O)O)[C@@H](O)[C@H]2O)c(=O)[nH]1)OCc1ccccc1[N+](=O)[O-]. The topological polar surface area (TPSA) is 299 Å². The fraction of sp³-hybridized carbons (Fsp3) is 0.368. The number of carbonyl (C=O) groups is 1. The van der Waals surface area contributed by atoms with Gasteiger partial charge in [-0.15, -0.1) is 0 Å². The Morgan fingerprint density at radius 2 is 1.93 bits per heavy atom. The molecule has 5 atom stereocenters. The Hall–Kier alpha value is -3.58. The monoisotopic (exact) mass is 620 g/mol. The van der Waals surface area contributed by atoms with E-state index in [1.165, 1.54) is 24.3 Å². The molecule has 22 heteroatoms. The van der Waals surface area contributed by atoms with Crippen molar-refractivity contribution in [1.82, 2.24) is 19.5 Å². The lowest BCUT2D eigenvalue weighted by Crippen LogP contribution is -2.33. The first-order valence-electron chi connectivity index (χ1n) is 11.3. The average molecular weight is 620 g/mol. The van der Waals surface area contributed by atoms with Crippen LogP contribution in [0, 0.1) is 10.1 Å². The molecule has 1 aliphatic rings. The molecule has 0 bridgehead atoms. The van der Waals surface area contributed by atoms with Crippen molar-refractivity contribution in [3.63, 3.8) is 0 Å². The normalized spacial score (nSPS) is 22.4. The largest absolute Gasteiger partial charge is 0.444 e. The van der Waals surface area contributed by atoms with E-state index in [2.05, 4.69) is 24.8 Å². The van der Waals surface area contributed by atoms with E-state index in [1.54, 1.807) is 0 Å². The van der Waals surface area contributed by atoms with Crippen molar-refractivity contribution in [1.29, 1.82) is 0 Å². The predicted molar refractivity (Wildman–Crippen MR) is 134 cm³/mol. The highest BCUT2D eigenvalue weighted by molar-refractivity contribution is 7.70. The van der Waals surface area contributed by atoms with Crippen LogP contribution in [-0.2, 0) is 29.7 Å². The minimum atomic E-state index is -4.91. The summed E-state index contributed by atoms with van der Waals surface area (Å²) in [6.45, 7) is -1.33. The van der Waals surface area contributed by atoms with Crippen molar-refractivity contribution in [2.24, 2.45) is 0 Å². The third kappa shape index (κ3) is 7.20. The van der Waals surface area contributed by atoms with Crippen LogP contribution in [0.5, 0.6) is 0 Å². The molecule has 3 heterocycles. The molecule has 0 spiro atoms. The van der Waals surface area contributed by atoms with Crippen molar-refractivity contribution in [2.45, 2.75) is 31.1 Å². The van der Waals surface area contributed by atoms with E-state index >= 15 is 0 Å². The third-order valence-electron chi connectivity index (χ3n) is 5.61. The van der Waals surface area contributed by atoms with Crippen LogP contribution in [0.4, 0.5) is 16.4 Å². The molecule has 1 unspecified atom stereocenters. The number of carbonyl (C=O) groups excluding carboxylic acids is 1. The second-order valence-electron chi connectivity index (χ2n) is 8.61. The van der Waals surface area contributed by atoms with Gasteiger partial charge < -0.3 is 38.9 Å². The van der Waals surface area contributed by atoms with Crippen molar-refractivity contribution in [2.75, 3.05) is 17.8 Å². The van der Waals surface area contributed by atoms with E-state index in [1.807, 2.05) is 0 Å². The van der Waals surface area contributed by atoms with Gasteiger partial charge in [-0.2, -0.15) is 4.98 Å². The fourth-order valence-corrected chi connectivity index (χ4v) is 6.39. The Bertz CT molecular complexity index is 1620. The number of imidazole rings is 1. The smallest absolute Gasteiger partial charge is 0.414 e. The number of aromatic nitrogens is 4. The Morgan fingerprint density at radius 3 is 2.61 bits per heavy atom. The van der Waals surface area contributed by atoms with Crippen LogP contribution in [0.3, 0.4) is 0 Å². The second-order valence-corrected chi connectivity index (χ2v) is 12.6. The molecule has 0 saturated carbocycles. The Kier molecular flexibility index (Phi) is 8.69. The molecule has 222 valence electrons. The van der Waals surface area contributed by atoms with Gasteiger partial charge in [0.25, 0.3) is 11.2 Å². The summed E-state index contributed by atoms with van der Waals surface area (Å²) in [5.41, 5.74) is -1.52. The number of aromatic amines is 1. The molecule has 1 saturated heterocycles. The summed E-state index contributed by atoms with van der Waals surface area (Å²) < 4.78 is 39.0. The highest BCUT2D eigenvalue weighted by Crippen LogP contribution is 2.55. The molecule has 41 heavy (non-hydrogen) atoms. The van der Waals surface area contributed by atoms with Crippen molar-refractivity contribution < 1.29 is 57.7 Å². The lowest BCUT2D eigenvalue weighted by Gasteiger charge is -2.18. The first-order valence-corrected chi connectivity index (χ1v) is 14.9. The van der Waals surface area contributed by atoms with Gasteiger partial charge in [-0.3, -0.25) is 38.9 Å². The average Bonchev–Trinajstić information content (AvgIpc) is 3.41. The number of nitrogens with zero attached hydrogens (tertiary/aromatic N) is 4. The lowest BCUT2D eigenvalue weighted by atomic mass is 10.1. The van der Waals surface area contributed by atoms with Gasteiger partial charge in [0.15, 0.2) is 23.3 Å². The van der Waals surface area contributed by atoms with E-state index in [4.69, 9.17) is 19.3 Å². The molecule has 4 rings (SSSR count). The number of rotatable bonds is 10. The van der Waals surface area contributed by atoms with Crippen molar-refractivity contribution >= 4 is 44.1 Å². The number of nitro groups is 1. The number of benzene rings is 1. The first kappa shape index (κ1) is 30.4. The van der Waals surface area contributed by atoms with Crippen molar-refractivity contribution in [3.05, 3.63) is 56.6 Å². The van der Waals surface area contributed by atoms with Gasteiger partial charge in [-0.05, 0) is 6.07 Å². The highest BCUT2D eigenvalue weighted by Gasteiger charge is 2.45. The molecule has 0 aliphatic carbocycles. The van der Waals surface area contributed by atoms with E-state index in [0.717, 1.165) is 10.9 Å². The summed E-state index contributed by atoms with van der Waals surface area (Å²) in [4.78, 5) is 72.8. The first-order chi connectivity index (χ1) is 19.1. The third-order valence-corrected chi connectivity index (χ3v) is 9.07. The van der Waals surface area contributed by atoms with Crippen LogP contribution in [0.15, 0.2) is 35.4 Å². The van der Waals surface area contributed by atoms with Crippen molar-refractivity contribution in [3.8, 4) is 0 Å². The van der Waals surface area contributed by atoms with E-state index in [0.29, 0.717) is 0 Å².